The van der Waals surface area contributed by atoms with Gasteiger partial charge in [0.25, 0.3) is 0 Å². The van der Waals surface area contributed by atoms with Gasteiger partial charge in [-0.3, -0.25) is 9.59 Å². The Labute approximate surface area is 216 Å². The quantitative estimate of drug-likeness (QED) is 0.260. The largest absolute Gasteiger partial charge is 0.368 e. The third-order valence-corrected chi connectivity index (χ3v) is 11.7. The molecule has 0 unspecified atom stereocenters. The molecule has 2 amide bonds. The SMILES string of the molecule is CC(C)(C)[Si](C)(C)C#CC[C@@H](NC(=O)C(c1ccccc1)(c1ccccc1)c1ccccc1)C(N)=O. The summed E-state index contributed by atoms with van der Waals surface area (Å²) in [6.45, 7) is 11.0. The van der Waals surface area contributed by atoms with Crippen molar-refractivity contribution in [2.24, 2.45) is 5.73 Å². The zero-order valence-electron chi connectivity index (χ0n) is 21.8. The summed E-state index contributed by atoms with van der Waals surface area (Å²) < 4.78 is 0. The lowest BCUT2D eigenvalue weighted by Crippen LogP contribution is -2.53. The van der Waals surface area contributed by atoms with Crippen LogP contribution in [-0.4, -0.2) is 25.9 Å². The van der Waals surface area contributed by atoms with Crippen molar-refractivity contribution >= 4 is 19.9 Å². The van der Waals surface area contributed by atoms with Crippen LogP contribution in [0.15, 0.2) is 91.0 Å². The second-order valence-electron chi connectivity index (χ2n) is 10.7. The molecule has 0 aliphatic carbocycles. The molecule has 3 aromatic carbocycles. The second-order valence-corrected chi connectivity index (χ2v) is 15.7. The van der Waals surface area contributed by atoms with Gasteiger partial charge in [-0.15, -0.1) is 11.5 Å². The Balaban J connectivity index is 2.10. The summed E-state index contributed by atoms with van der Waals surface area (Å²) in [6.07, 6.45) is 0.169. The molecule has 0 radical (unpaired) electrons. The van der Waals surface area contributed by atoms with E-state index in [0.717, 1.165) is 16.7 Å². The van der Waals surface area contributed by atoms with Crippen LogP contribution < -0.4 is 11.1 Å². The van der Waals surface area contributed by atoms with Gasteiger partial charge < -0.3 is 11.1 Å². The normalized spacial score (nSPS) is 12.7. The number of carbonyl (C=O) groups is 2. The summed E-state index contributed by atoms with van der Waals surface area (Å²) in [7, 11) is -1.87. The maximum absolute atomic E-state index is 14.3. The van der Waals surface area contributed by atoms with E-state index >= 15 is 0 Å². The second kappa shape index (κ2) is 11.0. The first kappa shape index (κ1) is 27.0. The summed E-state index contributed by atoms with van der Waals surface area (Å²) >= 11 is 0. The van der Waals surface area contributed by atoms with Crippen LogP contribution in [0.5, 0.6) is 0 Å². The lowest BCUT2D eigenvalue weighted by Gasteiger charge is -2.35. The molecule has 0 bridgehead atoms. The van der Waals surface area contributed by atoms with Crippen molar-refractivity contribution in [3.8, 4) is 11.5 Å². The molecule has 186 valence electrons. The summed E-state index contributed by atoms with van der Waals surface area (Å²) in [5, 5.41) is 3.07. The van der Waals surface area contributed by atoms with Crippen molar-refractivity contribution in [1.82, 2.24) is 5.32 Å². The van der Waals surface area contributed by atoms with Gasteiger partial charge in [0, 0.05) is 6.42 Å². The highest BCUT2D eigenvalue weighted by Gasteiger charge is 2.44. The molecule has 3 aromatic rings. The molecule has 3 N–H and O–H groups in total. The minimum absolute atomic E-state index is 0.0918. The van der Waals surface area contributed by atoms with E-state index in [4.69, 9.17) is 5.73 Å². The number of nitrogens with one attached hydrogen (secondary N) is 1. The fourth-order valence-electron chi connectivity index (χ4n) is 4.01. The molecule has 4 nitrogen and oxygen atoms in total. The third-order valence-electron chi connectivity index (χ3n) is 7.19. The van der Waals surface area contributed by atoms with Crippen LogP contribution in [0.1, 0.15) is 43.9 Å². The number of primary amides is 1. The number of amides is 2. The summed E-state index contributed by atoms with van der Waals surface area (Å²) in [6, 6.07) is 28.0. The van der Waals surface area contributed by atoms with Gasteiger partial charge in [0.15, 0.2) is 0 Å². The first-order valence-corrected chi connectivity index (χ1v) is 15.3. The maximum Gasteiger partial charge on any atom is 0.240 e. The van der Waals surface area contributed by atoms with Gasteiger partial charge in [0.2, 0.25) is 11.8 Å². The minimum Gasteiger partial charge on any atom is -0.368 e. The molecule has 5 heteroatoms. The first-order valence-electron chi connectivity index (χ1n) is 12.3. The minimum atomic E-state index is -1.87. The monoisotopic (exact) mass is 496 g/mol. The van der Waals surface area contributed by atoms with Crippen LogP contribution in [0.3, 0.4) is 0 Å². The van der Waals surface area contributed by atoms with Crippen molar-refractivity contribution in [2.45, 2.75) is 56.8 Å². The van der Waals surface area contributed by atoms with Crippen molar-refractivity contribution in [1.29, 1.82) is 0 Å². The topological polar surface area (TPSA) is 72.2 Å². The Morgan fingerprint density at radius 3 is 1.53 bits per heavy atom. The molecule has 0 saturated heterocycles. The smallest absolute Gasteiger partial charge is 0.240 e. The van der Waals surface area contributed by atoms with E-state index in [0.29, 0.717) is 0 Å². The highest BCUT2D eigenvalue weighted by molar-refractivity contribution is 6.87. The Hall–Kier alpha value is -3.62. The Bertz CT molecular complexity index is 1140. The lowest BCUT2D eigenvalue weighted by atomic mass is 9.68. The molecule has 0 aliphatic heterocycles. The third kappa shape index (κ3) is 5.61. The Morgan fingerprint density at radius 2 is 1.19 bits per heavy atom. The number of benzene rings is 3. The Kier molecular flexibility index (Phi) is 8.22. The highest BCUT2D eigenvalue weighted by Crippen LogP contribution is 2.40. The van der Waals surface area contributed by atoms with Crippen molar-refractivity contribution < 1.29 is 9.59 Å². The van der Waals surface area contributed by atoms with E-state index in [-0.39, 0.29) is 17.4 Å². The number of hydrogen-bond acceptors (Lipinski definition) is 2. The van der Waals surface area contributed by atoms with Gasteiger partial charge in [-0.25, -0.2) is 0 Å². The average Bonchev–Trinajstić information content (AvgIpc) is 2.85. The molecule has 0 spiro atoms. The molecular weight excluding hydrogens is 460 g/mol. The van der Waals surface area contributed by atoms with E-state index in [2.05, 4.69) is 50.6 Å². The predicted octanol–water partition coefficient (Wildman–Crippen LogP) is 5.43. The lowest BCUT2D eigenvalue weighted by molar-refractivity contribution is -0.129. The van der Waals surface area contributed by atoms with E-state index in [1.165, 1.54) is 0 Å². The van der Waals surface area contributed by atoms with E-state index in [1.807, 2.05) is 91.0 Å². The number of nitrogens with two attached hydrogens (primary N) is 1. The molecule has 1 atom stereocenters. The Morgan fingerprint density at radius 1 is 0.806 bits per heavy atom. The van der Waals surface area contributed by atoms with Crippen LogP contribution in [0.2, 0.25) is 18.1 Å². The number of hydrogen-bond donors (Lipinski definition) is 2. The van der Waals surface area contributed by atoms with E-state index in [1.54, 1.807) is 0 Å². The predicted molar refractivity (Wildman–Crippen MR) is 150 cm³/mol. The highest BCUT2D eigenvalue weighted by atomic mass is 28.3. The summed E-state index contributed by atoms with van der Waals surface area (Å²) in [4.78, 5) is 26.8. The summed E-state index contributed by atoms with van der Waals surface area (Å²) in [5.41, 5.74) is 10.4. The molecule has 0 fully saturated rings. The molecule has 0 heterocycles. The van der Waals surface area contributed by atoms with Crippen molar-refractivity contribution in [3.05, 3.63) is 108 Å². The van der Waals surface area contributed by atoms with E-state index < -0.39 is 25.4 Å². The first-order chi connectivity index (χ1) is 17.0. The standard InChI is InChI=1S/C31H36N2O2Si/c1-30(2,3)36(4,5)23-15-22-27(28(32)34)33-29(35)31(24-16-9-6-10-17-24,25-18-11-7-12-19-25)26-20-13-8-14-21-26/h6-14,16-21,27H,22H2,1-5H3,(H2,32,34)(H,33,35)/t27-/m1/s1. The summed E-state index contributed by atoms with van der Waals surface area (Å²) in [5.74, 6) is 2.27. The van der Waals surface area contributed by atoms with Gasteiger partial charge in [0.05, 0.1) is 0 Å². The van der Waals surface area contributed by atoms with Crippen LogP contribution in [0.4, 0.5) is 0 Å². The van der Waals surface area contributed by atoms with Crippen molar-refractivity contribution in [3.63, 3.8) is 0 Å². The van der Waals surface area contributed by atoms with Gasteiger partial charge in [-0.05, 0) is 21.7 Å². The molecule has 36 heavy (non-hydrogen) atoms. The van der Waals surface area contributed by atoms with Crippen molar-refractivity contribution in [2.75, 3.05) is 0 Å². The zero-order valence-corrected chi connectivity index (χ0v) is 22.8. The maximum atomic E-state index is 14.3. The van der Waals surface area contributed by atoms with E-state index in [9.17, 15) is 9.59 Å². The molecule has 0 aliphatic rings. The number of rotatable bonds is 7. The van der Waals surface area contributed by atoms with Gasteiger partial charge in [-0.1, -0.05) is 125 Å². The van der Waals surface area contributed by atoms with Gasteiger partial charge in [0.1, 0.15) is 19.5 Å². The van der Waals surface area contributed by atoms with Gasteiger partial charge >= 0.3 is 0 Å². The molecule has 0 aromatic heterocycles. The van der Waals surface area contributed by atoms with Gasteiger partial charge in [-0.2, -0.15) is 0 Å². The number of carbonyl (C=O) groups excluding carboxylic acids is 2. The van der Waals surface area contributed by atoms with Crippen LogP contribution in [0, 0.1) is 11.5 Å². The molecule has 3 rings (SSSR count). The average molecular weight is 497 g/mol. The fourth-order valence-corrected chi connectivity index (χ4v) is 4.93. The van der Waals surface area contributed by atoms with Crippen LogP contribution in [-0.2, 0) is 15.0 Å². The zero-order chi connectivity index (χ0) is 26.4. The van der Waals surface area contributed by atoms with Crippen LogP contribution >= 0.6 is 0 Å². The van der Waals surface area contributed by atoms with Crippen LogP contribution in [0.25, 0.3) is 0 Å². The fraction of sp³-hybridized carbons (Fsp3) is 0.290. The molecular formula is C31H36N2O2Si. The molecule has 0 saturated carbocycles.